The number of carbonyl (C=O) groups excluding carboxylic acids is 1. The summed E-state index contributed by atoms with van der Waals surface area (Å²) < 4.78 is 11.7. The molecular weight excluding hydrogens is 388 g/mol. The van der Waals surface area contributed by atoms with E-state index in [9.17, 15) is 4.79 Å². The molecule has 5 nitrogen and oxygen atoms in total. The summed E-state index contributed by atoms with van der Waals surface area (Å²) in [6, 6.07) is 18.8. The number of nitrogens with one attached hydrogen (secondary N) is 1. The van der Waals surface area contributed by atoms with Crippen molar-refractivity contribution in [2.45, 2.75) is 33.6 Å². The van der Waals surface area contributed by atoms with Gasteiger partial charge in [-0.3, -0.25) is 4.79 Å². The first-order chi connectivity index (χ1) is 15.0. The number of carbonyl (C=O) groups is 1. The van der Waals surface area contributed by atoms with Gasteiger partial charge < -0.3 is 14.5 Å². The fraction of sp³-hybridized carbons (Fsp3) is 0.231. The van der Waals surface area contributed by atoms with Crippen molar-refractivity contribution in [3.63, 3.8) is 0 Å². The molecule has 1 aromatic heterocycles. The molecule has 0 unspecified atom stereocenters. The van der Waals surface area contributed by atoms with Crippen LogP contribution in [0.3, 0.4) is 0 Å². The van der Waals surface area contributed by atoms with Gasteiger partial charge in [-0.25, -0.2) is 4.98 Å². The number of aromatic nitrogens is 1. The van der Waals surface area contributed by atoms with Gasteiger partial charge in [-0.1, -0.05) is 25.5 Å². The van der Waals surface area contributed by atoms with E-state index < -0.39 is 0 Å². The van der Waals surface area contributed by atoms with Crippen LogP contribution in [0.4, 0.5) is 5.69 Å². The van der Waals surface area contributed by atoms with E-state index in [0.29, 0.717) is 23.7 Å². The number of ether oxygens (including phenoxy) is 1. The standard InChI is InChI=1S/C26H26N2O3/c1-4-5-13-30-22-11-9-19(10-12-22)25(29)27-21-8-6-7-20(16-21)26-28-23-15-17(2)14-18(3)24(23)31-26/h6-12,14-16H,4-5,13H2,1-3H3,(H,27,29). The summed E-state index contributed by atoms with van der Waals surface area (Å²) in [5.74, 6) is 1.13. The molecule has 0 radical (unpaired) electrons. The minimum Gasteiger partial charge on any atom is -0.494 e. The Labute approximate surface area is 182 Å². The molecule has 0 spiro atoms. The van der Waals surface area contributed by atoms with Gasteiger partial charge >= 0.3 is 0 Å². The molecule has 158 valence electrons. The molecule has 31 heavy (non-hydrogen) atoms. The lowest BCUT2D eigenvalue weighted by atomic mass is 10.1. The quantitative estimate of drug-likeness (QED) is 0.349. The van der Waals surface area contributed by atoms with E-state index in [-0.39, 0.29) is 5.91 Å². The molecule has 0 aliphatic rings. The number of fused-ring (bicyclic) bond motifs is 1. The molecule has 0 saturated carbocycles. The van der Waals surface area contributed by atoms with Gasteiger partial charge in [0, 0.05) is 16.8 Å². The third-order valence-electron chi connectivity index (χ3n) is 5.07. The first kappa shape index (κ1) is 20.7. The molecule has 0 saturated heterocycles. The molecule has 1 heterocycles. The number of hydrogen-bond donors (Lipinski definition) is 1. The van der Waals surface area contributed by atoms with E-state index in [4.69, 9.17) is 9.15 Å². The topological polar surface area (TPSA) is 64.4 Å². The molecule has 4 rings (SSSR count). The van der Waals surface area contributed by atoms with Crippen LogP contribution in [-0.2, 0) is 0 Å². The van der Waals surface area contributed by atoms with Crippen LogP contribution in [0.15, 0.2) is 65.1 Å². The highest BCUT2D eigenvalue weighted by molar-refractivity contribution is 6.04. The minimum absolute atomic E-state index is 0.179. The summed E-state index contributed by atoms with van der Waals surface area (Å²) in [6.45, 7) is 6.86. The highest BCUT2D eigenvalue weighted by atomic mass is 16.5. The average molecular weight is 415 g/mol. The van der Waals surface area contributed by atoms with Crippen LogP contribution >= 0.6 is 0 Å². The number of hydrogen-bond acceptors (Lipinski definition) is 4. The second-order valence-corrected chi connectivity index (χ2v) is 7.71. The Morgan fingerprint density at radius 3 is 2.65 bits per heavy atom. The van der Waals surface area contributed by atoms with Gasteiger partial charge in [0.15, 0.2) is 5.58 Å². The Hall–Kier alpha value is -3.60. The summed E-state index contributed by atoms with van der Waals surface area (Å²) in [5.41, 5.74) is 5.89. The van der Waals surface area contributed by atoms with E-state index >= 15 is 0 Å². The minimum atomic E-state index is -0.179. The number of rotatable bonds is 7. The Morgan fingerprint density at radius 1 is 1.06 bits per heavy atom. The van der Waals surface area contributed by atoms with Crippen molar-refractivity contribution >= 4 is 22.7 Å². The molecule has 1 N–H and O–H groups in total. The highest BCUT2D eigenvalue weighted by Crippen LogP contribution is 2.29. The molecule has 5 heteroatoms. The molecule has 0 aliphatic heterocycles. The molecule has 3 aromatic carbocycles. The van der Waals surface area contributed by atoms with Gasteiger partial charge in [-0.2, -0.15) is 0 Å². The van der Waals surface area contributed by atoms with Gasteiger partial charge in [-0.15, -0.1) is 0 Å². The maximum Gasteiger partial charge on any atom is 0.255 e. The van der Waals surface area contributed by atoms with Gasteiger partial charge in [0.1, 0.15) is 11.3 Å². The molecule has 0 bridgehead atoms. The zero-order valence-corrected chi connectivity index (χ0v) is 18.1. The van der Waals surface area contributed by atoms with E-state index in [1.807, 2.05) is 56.3 Å². The number of unbranched alkanes of at least 4 members (excludes halogenated alkanes) is 1. The molecule has 4 aromatic rings. The average Bonchev–Trinajstić information content (AvgIpc) is 3.19. The number of aryl methyl sites for hydroxylation is 2. The third kappa shape index (κ3) is 4.77. The molecule has 1 amide bonds. The van der Waals surface area contributed by atoms with Crippen LogP contribution in [0, 0.1) is 13.8 Å². The number of amides is 1. The predicted octanol–water partition coefficient (Wildman–Crippen LogP) is 6.54. The second kappa shape index (κ2) is 9.04. The van der Waals surface area contributed by atoms with Crippen molar-refractivity contribution in [2.75, 3.05) is 11.9 Å². The summed E-state index contributed by atoms with van der Waals surface area (Å²) in [5, 5.41) is 2.95. The van der Waals surface area contributed by atoms with E-state index in [2.05, 4.69) is 23.3 Å². The van der Waals surface area contributed by atoms with Crippen LogP contribution in [-0.4, -0.2) is 17.5 Å². The lowest BCUT2D eigenvalue weighted by Gasteiger charge is -2.08. The number of nitrogens with zero attached hydrogens (tertiary/aromatic N) is 1. The van der Waals surface area contributed by atoms with Crippen molar-refractivity contribution in [1.29, 1.82) is 0 Å². The van der Waals surface area contributed by atoms with Crippen molar-refractivity contribution in [3.8, 4) is 17.2 Å². The lowest BCUT2D eigenvalue weighted by Crippen LogP contribution is -2.11. The van der Waals surface area contributed by atoms with Crippen LogP contribution in [0.25, 0.3) is 22.6 Å². The van der Waals surface area contributed by atoms with Gasteiger partial charge in [0.05, 0.1) is 6.61 Å². The number of anilines is 1. The van der Waals surface area contributed by atoms with Crippen molar-refractivity contribution in [1.82, 2.24) is 4.98 Å². The van der Waals surface area contributed by atoms with Crippen molar-refractivity contribution < 1.29 is 13.9 Å². The Morgan fingerprint density at radius 2 is 1.87 bits per heavy atom. The number of oxazole rings is 1. The fourth-order valence-corrected chi connectivity index (χ4v) is 3.47. The third-order valence-corrected chi connectivity index (χ3v) is 5.07. The Balaban J connectivity index is 1.50. The zero-order chi connectivity index (χ0) is 21.8. The normalized spacial score (nSPS) is 10.9. The van der Waals surface area contributed by atoms with Crippen LogP contribution in [0.2, 0.25) is 0 Å². The van der Waals surface area contributed by atoms with E-state index in [0.717, 1.165) is 46.4 Å². The predicted molar refractivity (Wildman–Crippen MR) is 124 cm³/mol. The molecule has 0 atom stereocenters. The van der Waals surface area contributed by atoms with Gasteiger partial charge in [0.25, 0.3) is 5.91 Å². The fourth-order valence-electron chi connectivity index (χ4n) is 3.47. The number of benzene rings is 3. The highest BCUT2D eigenvalue weighted by Gasteiger charge is 2.12. The largest absolute Gasteiger partial charge is 0.494 e. The second-order valence-electron chi connectivity index (χ2n) is 7.71. The first-order valence-electron chi connectivity index (χ1n) is 10.6. The van der Waals surface area contributed by atoms with Crippen molar-refractivity contribution in [2.24, 2.45) is 0 Å². The Bertz CT molecular complexity index is 1210. The van der Waals surface area contributed by atoms with Crippen LogP contribution in [0.1, 0.15) is 41.3 Å². The lowest BCUT2D eigenvalue weighted by molar-refractivity contribution is 0.102. The zero-order valence-electron chi connectivity index (χ0n) is 18.1. The monoisotopic (exact) mass is 414 g/mol. The van der Waals surface area contributed by atoms with Gasteiger partial charge in [-0.05, 0) is 79.9 Å². The summed E-state index contributed by atoms with van der Waals surface area (Å²) in [6.07, 6.45) is 2.10. The molecular formula is C26H26N2O3. The summed E-state index contributed by atoms with van der Waals surface area (Å²) in [4.78, 5) is 17.3. The molecule has 0 aliphatic carbocycles. The SMILES string of the molecule is CCCCOc1ccc(C(=O)Nc2cccc(-c3nc4cc(C)cc(C)c4o3)c2)cc1. The molecule has 0 fully saturated rings. The smallest absolute Gasteiger partial charge is 0.255 e. The maximum absolute atomic E-state index is 12.7. The van der Waals surface area contributed by atoms with E-state index in [1.165, 1.54) is 0 Å². The first-order valence-corrected chi connectivity index (χ1v) is 10.6. The summed E-state index contributed by atoms with van der Waals surface area (Å²) in [7, 11) is 0. The van der Waals surface area contributed by atoms with Gasteiger partial charge in [0.2, 0.25) is 5.89 Å². The van der Waals surface area contributed by atoms with Crippen LogP contribution < -0.4 is 10.1 Å². The maximum atomic E-state index is 12.7. The van der Waals surface area contributed by atoms with E-state index in [1.54, 1.807) is 12.1 Å². The summed E-state index contributed by atoms with van der Waals surface area (Å²) >= 11 is 0. The Kier molecular flexibility index (Phi) is 6.03. The van der Waals surface area contributed by atoms with Crippen LogP contribution in [0.5, 0.6) is 5.75 Å². The van der Waals surface area contributed by atoms with Crippen molar-refractivity contribution in [3.05, 3.63) is 77.4 Å².